The zero-order chi connectivity index (χ0) is 20.8. The van der Waals surface area contributed by atoms with Crippen LogP contribution in [0, 0.1) is 19.1 Å². The molecule has 28 heavy (non-hydrogen) atoms. The lowest BCUT2D eigenvalue weighted by molar-refractivity contribution is -0.619. The third-order valence-electron chi connectivity index (χ3n) is 5.03. The monoisotopic (exact) mass is 384 g/mol. The highest BCUT2D eigenvalue weighted by Gasteiger charge is 2.25. The molecule has 1 aromatic heterocycles. The molecule has 2 aromatic rings. The summed E-state index contributed by atoms with van der Waals surface area (Å²) in [6.07, 6.45) is 3.43. The Balaban J connectivity index is 2.52. The van der Waals surface area contributed by atoms with E-state index in [9.17, 15) is 10.0 Å². The summed E-state index contributed by atoms with van der Waals surface area (Å²) >= 11 is 0. The van der Waals surface area contributed by atoms with E-state index in [-0.39, 0.29) is 5.91 Å². The second-order valence-electron chi connectivity index (χ2n) is 7.06. The molecule has 0 aliphatic carbocycles. The molecule has 1 N–H and O–H groups in total. The van der Waals surface area contributed by atoms with Gasteiger partial charge in [-0.05, 0) is 42.4 Å². The van der Waals surface area contributed by atoms with E-state index in [2.05, 4.69) is 38.2 Å². The summed E-state index contributed by atoms with van der Waals surface area (Å²) in [7, 11) is 0. The molecule has 0 aliphatic heterocycles. The molecule has 0 aliphatic rings. The largest absolute Gasteiger partial charge is 0.618 e. The normalized spacial score (nSPS) is 10.8. The Morgan fingerprint density at radius 2 is 1.64 bits per heavy atom. The van der Waals surface area contributed by atoms with Crippen LogP contribution in [-0.2, 0) is 19.3 Å². The van der Waals surface area contributed by atoms with Crippen molar-refractivity contribution in [1.29, 1.82) is 0 Å². The maximum atomic E-state index is 13.2. The summed E-state index contributed by atoms with van der Waals surface area (Å²) in [6, 6.07) is 5.95. The maximum absolute atomic E-state index is 13.2. The van der Waals surface area contributed by atoms with Gasteiger partial charge in [-0.1, -0.05) is 39.8 Å². The zero-order valence-electron chi connectivity index (χ0n) is 17.9. The summed E-state index contributed by atoms with van der Waals surface area (Å²) < 4.78 is 6.59. The average molecular weight is 385 g/mol. The number of nitrogens with zero attached hydrogens (tertiary/aromatic N) is 1. The minimum absolute atomic E-state index is 0.303. The molecule has 0 bridgehead atoms. The van der Waals surface area contributed by atoms with Crippen LogP contribution in [0.2, 0.25) is 0 Å². The van der Waals surface area contributed by atoms with Crippen molar-refractivity contribution in [2.75, 3.05) is 11.9 Å². The fourth-order valence-electron chi connectivity index (χ4n) is 3.41. The van der Waals surface area contributed by atoms with E-state index in [0.29, 0.717) is 29.3 Å². The van der Waals surface area contributed by atoms with Gasteiger partial charge in [-0.3, -0.25) is 4.79 Å². The third kappa shape index (κ3) is 4.46. The molecule has 0 fully saturated rings. The van der Waals surface area contributed by atoms with Crippen molar-refractivity contribution in [3.05, 3.63) is 57.0 Å². The fourth-order valence-corrected chi connectivity index (χ4v) is 3.41. The van der Waals surface area contributed by atoms with Gasteiger partial charge >= 0.3 is 0 Å². The lowest BCUT2D eigenvalue weighted by Gasteiger charge is -2.19. The molecule has 0 unspecified atom stereocenters. The van der Waals surface area contributed by atoms with E-state index in [0.717, 1.165) is 47.2 Å². The van der Waals surface area contributed by atoms with E-state index in [1.807, 2.05) is 6.92 Å². The molecule has 0 saturated heterocycles. The van der Waals surface area contributed by atoms with Crippen molar-refractivity contribution in [2.24, 2.45) is 0 Å². The number of anilines is 1. The van der Waals surface area contributed by atoms with E-state index in [4.69, 9.17) is 4.74 Å². The lowest BCUT2D eigenvalue weighted by Crippen LogP contribution is -2.37. The lowest BCUT2D eigenvalue weighted by atomic mass is 9.97. The van der Waals surface area contributed by atoms with Gasteiger partial charge < -0.3 is 15.3 Å². The van der Waals surface area contributed by atoms with Crippen LogP contribution in [-0.4, -0.2) is 12.5 Å². The molecule has 0 spiro atoms. The molecule has 5 heteroatoms. The molecule has 0 atom stereocenters. The van der Waals surface area contributed by atoms with Gasteiger partial charge in [0.15, 0.2) is 5.69 Å². The number of pyridine rings is 1. The van der Waals surface area contributed by atoms with Gasteiger partial charge in [0.2, 0.25) is 5.69 Å². The molecule has 5 nitrogen and oxygen atoms in total. The third-order valence-corrected chi connectivity index (χ3v) is 5.03. The van der Waals surface area contributed by atoms with E-state index >= 15 is 0 Å². The number of nitrogens with one attached hydrogen (secondary N) is 1. The van der Waals surface area contributed by atoms with Crippen molar-refractivity contribution >= 4 is 11.6 Å². The van der Waals surface area contributed by atoms with Crippen LogP contribution in [0.4, 0.5) is 5.69 Å². The smallest absolute Gasteiger partial charge is 0.265 e. The number of aromatic nitrogens is 1. The molecular formula is C23H32N2O3. The first-order valence-electron chi connectivity index (χ1n) is 10.2. The van der Waals surface area contributed by atoms with Crippen LogP contribution >= 0.6 is 0 Å². The number of rotatable bonds is 8. The SMILES string of the molecule is CCCOc1cc(C)[n+]([O-])c(C)c1C(=O)Nc1c(CC)cc(CC)cc1CC. The van der Waals surface area contributed by atoms with Crippen molar-refractivity contribution < 1.29 is 14.3 Å². The quantitative estimate of drug-likeness (QED) is 0.531. The Kier molecular flexibility index (Phi) is 7.44. The van der Waals surface area contributed by atoms with Gasteiger partial charge in [0, 0.05) is 25.6 Å². The summed E-state index contributed by atoms with van der Waals surface area (Å²) in [5, 5.41) is 15.5. The Bertz CT molecular complexity index is 834. The van der Waals surface area contributed by atoms with Gasteiger partial charge in [0.05, 0.1) is 6.61 Å². The summed E-state index contributed by atoms with van der Waals surface area (Å²) in [5.74, 6) is 0.157. The predicted octanol–water partition coefficient (Wildman–Crippen LogP) is 4.67. The molecule has 1 aromatic carbocycles. The van der Waals surface area contributed by atoms with Crippen LogP contribution < -0.4 is 14.8 Å². The summed E-state index contributed by atoms with van der Waals surface area (Å²) in [6.45, 7) is 12.2. The Hall–Kier alpha value is -2.56. The number of benzene rings is 1. The van der Waals surface area contributed by atoms with Crippen molar-refractivity contribution in [3.8, 4) is 5.75 Å². The summed E-state index contributed by atoms with van der Waals surface area (Å²) in [4.78, 5) is 13.2. The maximum Gasteiger partial charge on any atom is 0.265 e. The predicted molar refractivity (Wildman–Crippen MR) is 113 cm³/mol. The van der Waals surface area contributed by atoms with Gasteiger partial charge in [-0.25, -0.2) is 0 Å². The first-order valence-corrected chi connectivity index (χ1v) is 10.2. The highest BCUT2D eigenvalue weighted by Crippen LogP contribution is 2.28. The second-order valence-corrected chi connectivity index (χ2v) is 7.06. The molecule has 0 saturated carbocycles. The Morgan fingerprint density at radius 1 is 1.04 bits per heavy atom. The molecule has 2 rings (SSSR count). The second kappa shape index (κ2) is 9.58. The van der Waals surface area contributed by atoms with Gasteiger partial charge in [-0.15, -0.1) is 0 Å². The highest BCUT2D eigenvalue weighted by atomic mass is 16.5. The van der Waals surface area contributed by atoms with Crippen molar-refractivity contribution in [2.45, 2.75) is 67.2 Å². The fraction of sp³-hybridized carbons (Fsp3) is 0.478. The van der Waals surface area contributed by atoms with E-state index in [1.165, 1.54) is 5.56 Å². The van der Waals surface area contributed by atoms with Crippen molar-refractivity contribution in [3.63, 3.8) is 0 Å². The molecular weight excluding hydrogens is 352 g/mol. The van der Waals surface area contributed by atoms with Crippen molar-refractivity contribution in [1.82, 2.24) is 0 Å². The first kappa shape index (κ1) is 21.7. The minimum atomic E-state index is -0.304. The van der Waals surface area contributed by atoms with Crippen LogP contribution in [0.3, 0.4) is 0 Å². The van der Waals surface area contributed by atoms with Gasteiger partial charge in [0.1, 0.15) is 11.3 Å². The summed E-state index contributed by atoms with van der Waals surface area (Å²) in [5.41, 5.74) is 5.51. The molecule has 152 valence electrons. The number of hydrogen-bond donors (Lipinski definition) is 1. The molecule has 0 radical (unpaired) electrons. The number of amides is 1. The minimum Gasteiger partial charge on any atom is -0.618 e. The standard InChI is InChI=1S/C23H32N2O3/c1-7-11-28-20-12-15(5)25(27)16(6)21(20)23(26)24-22-18(9-3)13-17(8-2)14-19(22)10-4/h12-14H,7-11H2,1-6H3,(H,24,26). The topological polar surface area (TPSA) is 65.3 Å². The van der Waals surface area contributed by atoms with E-state index < -0.39 is 0 Å². The number of ether oxygens (including phenoxy) is 1. The van der Waals surface area contributed by atoms with Crippen LogP contribution in [0.15, 0.2) is 18.2 Å². The number of aryl methyl sites for hydroxylation is 4. The molecule has 1 heterocycles. The van der Waals surface area contributed by atoms with Crippen LogP contribution in [0.1, 0.15) is 72.6 Å². The van der Waals surface area contributed by atoms with Crippen LogP contribution in [0.25, 0.3) is 0 Å². The number of carbonyl (C=O) groups is 1. The highest BCUT2D eigenvalue weighted by molar-refractivity contribution is 6.07. The Morgan fingerprint density at radius 3 is 2.14 bits per heavy atom. The average Bonchev–Trinajstić information content (AvgIpc) is 2.70. The zero-order valence-corrected chi connectivity index (χ0v) is 17.9. The number of carbonyl (C=O) groups excluding carboxylic acids is 1. The van der Waals surface area contributed by atoms with Gasteiger partial charge in [0.25, 0.3) is 5.91 Å². The number of hydrogen-bond acceptors (Lipinski definition) is 3. The van der Waals surface area contributed by atoms with Crippen LogP contribution in [0.5, 0.6) is 5.75 Å². The Labute approximate surface area is 168 Å². The molecule has 1 amide bonds. The first-order chi connectivity index (χ1) is 13.4. The van der Waals surface area contributed by atoms with Gasteiger partial charge in [-0.2, -0.15) is 4.73 Å². The van der Waals surface area contributed by atoms with E-state index in [1.54, 1.807) is 19.9 Å².